The van der Waals surface area contributed by atoms with E-state index in [1.54, 1.807) is 0 Å². The summed E-state index contributed by atoms with van der Waals surface area (Å²) < 4.78 is 1.31. The van der Waals surface area contributed by atoms with Crippen LogP contribution in [0.1, 0.15) is 0 Å². The van der Waals surface area contributed by atoms with Crippen LogP contribution in [-0.4, -0.2) is 6.71 Å². The molecule has 1 rings (SSSR count). The van der Waals surface area contributed by atoms with E-state index in [9.17, 15) is 0 Å². The zero-order valence-corrected chi connectivity index (χ0v) is 8.42. The number of benzene rings is 1. The first kappa shape index (κ1) is 8.11. The monoisotopic (exact) mass is 244 g/mol. The van der Waals surface area contributed by atoms with E-state index in [1.807, 2.05) is 0 Å². The van der Waals surface area contributed by atoms with Crippen LogP contribution in [0.4, 0.5) is 0 Å². The summed E-state index contributed by atoms with van der Waals surface area (Å²) in [6.07, 6.45) is 0. The van der Waals surface area contributed by atoms with Gasteiger partial charge in [0, 0.05) is 3.57 Å². The van der Waals surface area contributed by atoms with E-state index in [4.69, 9.17) is 0 Å². The van der Waals surface area contributed by atoms with Gasteiger partial charge in [-0.2, -0.15) is 0 Å². The lowest BCUT2D eigenvalue weighted by atomic mass is 9.49. The minimum absolute atomic E-state index is 0.650. The van der Waals surface area contributed by atoms with E-state index >= 15 is 0 Å². The van der Waals surface area contributed by atoms with Crippen LogP contribution in [0.3, 0.4) is 0 Å². The molecule has 0 fully saturated rings. The highest BCUT2D eigenvalue weighted by Gasteiger charge is 2.00. The molecule has 0 radical (unpaired) electrons. The maximum Gasteiger partial charge on any atom is 0.169 e. The van der Waals surface area contributed by atoms with E-state index in [2.05, 4.69) is 60.5 Å². The number of rotatable bonds is 1. The molecule has 52 valence electrons. The zero-order valence-electron chi connectivity index (χ0n) is 6.26. The molecule has 0 aliphatic carbocycles. The fourth-order valence-corrected chi connectivity index (χ4v) is 1.21. The fraction of sp³-hybridized carbons (Fsp3) is 0.250. The second-order valence-electron chi connectivity index (χ2n) is 2.71. The predicted molar refractivity (Wildman–Crippen MR) is 56.3 cm³/mol. The summed E-state index contributed by atoms with van der Waals surface area (Å²) in [7, 11) is 0. The molecule has 0 nitrogen and oxygen atoms in total. The Morgan fingerprint density at radius 2 is 1.60 bits per heavy atom. The Morgan fingerprint density at radius 1 is 1.10 bits per heavy atom. The molecule has 0 saturated heterocycles. The Balaban J connectivity index is 2.89. The number of hydrogen-bond acceptors (Lipinski definition) is 0. The Morgan fingerprint density at radius 3 is 2.00 bits per heavy atom. The quantitative estimate of drug-likeness (QED) is 0.525. The van der Waals surface area contributed by atoms with Crippen molar-refractivity contribution in [2.75, 3.05) is 0 Å². The van der Waals surface area contributed by atoms with Gasteiger partial charge in [0.25, 0.3) is 0 Å². The molecule has 0 bridgehead atoms. The molecule has 2 heteroatoms. The van der Waals surface area contributed by atoms with Crippen LogP contribution < -0.4 is 5.46 Å². The first-order valence-corrected chi connectivity index (χ1v) is 4.53. The summed E-state index contributed by atoms with van der Waals surface area (Å²) in [5.74, 6) is 0. The third kappa shape index (κ3) is 2.01. The molecular formula is C8H10BI. The molecule has 1 aromatic rings. The second-order valence-corrected chi connectivity index (χ2v) is 3.95. The summed E-state index contributed by atoms with van der Waals surface area (Å²) in [6, 6.07) is 8.67. The van der Waals surface area contributed by atoms with Gasteiger partial charge in [0.05, 0.1) is 0 Å². The van der Waals surface area contributed by atoms with Crippen molar-refractivity contribution in [2.45, 2.75) is 13.6 Å². The molecule has 0 saturated carbocycles. The second kappa shape index (κ2) is 3.42. The Bertz CT molecular complexity index is 203. The van der Waals surface area contributed by atoms with Gasteiger partial charge in [0.1, 0.15) is 0 Å². The van der Waals surface area contributed by atoms with E-state index in [0.717, 1.165) is 0 Å². The summed E-state index contributed by atoms with van der Waals surface area (Å²) >= 11 is 2.32. The first-order valence-electron chi connectivity index (χ1n) is 3.45. The molecule has 0 aliphatic rings. The molecule has 0 aliphatic heterocycles. The molecule has 0 heterocycles. The summed E-state index contributed by atoms with van der Waals surface area (Å²) in [5, 5.41) is 0. The molecule has 0 atom stereocenters. The Labute approximate surface area is 76.2 Å². The maximum atomic E-state index is 2.32. The van der Waals surface area contributed by atoms with E-state index < -0.39 is 0 Å². The van der Waals surface area contributed by atoms with Gasteiger partial charge < -0.3 is 0 Å². The highest BCUT2D eigenvalue weighted by atomic mass is 127. The lowest BCUT2D eigenvalue weighted by molar-refractivity contribution is 1.68. The van der Waals surface area contributed by atoms with Crippen LogP contribution in [-0.2, 0) is 0 Å². The molecule has 0 unspecified atom stereocenters. The molecule has 1 aromatic carbocycles. The lowest BCUT2D eigenvalue weighted by Crippen LogP contribution is -2.21. The van der Waals surface area contributed by atoms with Crippen molar-refractivity contribution in [1.82, 2.24) is 0 Å². The third-order valence-corrected chi connectivity index (χ3v) is 2.26. The maximum absolute atomic E-state index is 2.32. The Kier molecular flexibility index (Phi) is 2.77. The van der Waals surface area contributed by atoms with Crippen molar-refractivity contribution in [3.8, 4) is 0 Å². The number of halogens is 1. The Hall–Kier alpha value is 0.0149. The van der Waals surface area contributed by atoms with Crippen LogP contribution in [0.2, 0.25) is 13.6 Å². The minimum atomic E-state index is 0.650. The summed E-state index contributed by atoms with van der Waals surface area (Å²) in [6.45, 7) is 5.07. The van der Waals surface area contributed by atoms with Gasteiger partial charge in [0.15, 0.2) is 6.71 Å². The number of hydrogen-bond donors (Lipinski definition) is 0. The molecule has 10 heavy (non-hydrogen) atoms. The molecule has 0 aromatic heterocycles. The van der Waals surface area contributed by atoms with Gasteiger partial charge in [-0.05, 0) is 34.7 Å². The van der Waals surface area contributed by atoms with Crippen LogP contribution in [0.15, 0.2) is 24.3 Å². The van der Waals surface area contributed by atoms with Crippen LogP contribution in [0.5, 0.6) is 0 Å². The zero-order chi connectivity index (χ0) is 7.56. The van der Waals surface area contributed by atoms with Gasteiger partial charge in [-0.3, -0.25) is 0 Å². The van der Waals surface area contributed by atoms with Crippen molar-refractivity contribution >= 4 is 34.8 Å². The smallest absolute Gasteiger partial charge is 0.0819 e. The molecule has 0 amide bonds. The predicted octanol–water partition coefficient (Wildman–Crippen LogP) is 2.25. The average Bonchev–Trinajstić information content (AvgIpc) is 1.88. The molecular weight excluding hydrogens is 234 g/mol. The van der Waals surface area contributed by atoms with Crippen LogP contribution >= 0.6 is 22.6 Å². The van der Waals surface area contributed by atoms with Crippen molar-refractivity contribution in [3.63, 3.8) is 0 Å². The van der Waals surface area contributed by atoms with Crippen molar-refractivity contribution < 1.29 is 0 Å². The van der Waals surface area contributed by atoms with E-state index in [-0.39, 0.29) is 0 Å². The van der Waals surface area contributed by atoms with Crippen molar-refractivity contribution in [1.29, 1.82) is 0 Å². The highest BCUT2D eigenvalue weighted by Crippen LogP contribution is 2.00. The standard InChI is InChI=1S/C8H10BI/c1-9(2)7-3-5-8(10)6-4-7/h3-6H,1-2H3. The minimum Gasteiger partial charge on any atom is -0.0819 e. The molecule has 0 N–H and O–H groups in total. The van der Waals surface area contributed by atoms with Crippen molar-refractivity contribution in [2.24, 2.45) is 0 Å². The van der Waals surface area contributed by atoms with Crippen molar-refractivity contribution in [3.05, 3.63) is 27.8 Å². The normalized spacial score (nSPS) is 9.50. The van der Waals surface area contributed by atoms with Gasteiger partial charge in [-0.15, -0.1) is 0 Å². The third-order valence-electron chi connectivity index (χ3n) is 1.54. The lowest BCUT2D eigenvalue weighted by Gasteiger charge is -2.00. The largest absolute Gasteiger partial charge is 0.169 e. The highest BCUT2D eigenvalue weighted by molar-refractivity contribution is 14.1. The van der Waals surface area contributed by atoms with Gasteiger partial charge in [-0.25, -0.2) is 0 Å². The molecule has 0 spiro atoms. The average molecular weight is 244 g/mol. The summed E-state index contributed by atoms with van der Waals surface area (Å²) in [5.41, 5.74) is 1.42. The SMILES string of the molecule is CB(C)c1ccc(I)cc1. The fourth-order valence-electron chi connectivity index (χ4n) is 0.848. The van der Waals surface area contributed by atoms with Gasteiger partial charge >= 0.3 is 0 Å². The topological polar surface area (TPSA) is 0 Å². The van der Waals surface area contributed by atoms with Gasteiger partial charge in [0.2, 0.25) is 0 Å². The van der Waals surface area contributed by atoms with E-state index in [1.165, 1.54) is 9.03 Å². The first-order chi connectivity index (χ1) is 4.70. The van der Waals surface area contributed by atoms with Gasteiger partial charge in [-0.1, -0.05) is 31.2 Å². The van der Waals surface area contributed by atoms with E-state index in [0.29, 0.717) is 6.71 Å². The van der Waals surface area contributed by atoms with Crippen LogP contribution in [0.25, 0.3) is 0 Å². The van der Waals surface area contributed by atoms with Crippen LogP contribution in [0, 0.1) is 3.57 Å². The summed E-state index contributed by atoms with van der Waals surface area (Å²) in [4.78, 5) is 0.